The molecule has 3 N–H and O–H groups in total. The molecule has 0 aliphatic rings. The predicted molar refractivity (Wildman–Crippen MR) is 62.4 cm³/mol. The standard InChI is InChI=1S/C9H18N4O2S/c1-8-11-12-9(13(8)3-2-10)16-7-6-15-5-4-14/h14H,2-7,10H2,1H3. The zero-order chi connectivity index (χ0) is 11.8. The second kappa shape index (κ2) is 7.61. The molecular formula is C9H18N4O2S. The Morgan fingerprint density at radius 3 is 2.94 bits per heavy atom. The van der Waals surface area contributed by atoms with Crippen molar-refractivity contribution in [3.05, 3.63) is 5.82 Å². The van der Waals surface area contributed by atoms with E-state index in [-0.39, 0.29) is 6.61 Å². The summed E-state index contributed by atoms with van der Waals surface area (Å²) in [4.78, 5) is 0. The average molecular weight is 246 g/mol. The molecule has 0 saturated heterocycles. The van der Waals surface area contributed by atoms with Crippen molar-refractivity contribution >= 4 is 11.8 Å². The number of aryl methyl sites for hydroxylation is 1. The van der Waals surface area contributed by atoms with Gasteiger partial charge in [0.1, 0.15) is 5.82 Å². The van der Waals surface area contributed by atoms with E-state index in [2.05, 4.69) is 10.2 Å². The summed E-state index contributed by atoms with van der Waals surface area (Å²) in [5.74, 6) is 1.67. The fraction of sp³-hybridized carbons (Fsp3) is 0.778. The van der Waals surface area contributed by atoms with Crippen LogP contribution in [0.4, 0.5) is 0 Å². The van der Waals surface area contributed by atoms with Gasteiger partial charge in [0.15, 0.2) is 5.16 Å². The molecule has 0 amide bonds. The van der Waals surface area contributed by atoms with Crippen LogP contribution >= 0.6 is 11.8 Å². The summed E-state index contributed by atoms with van der Waals surface area (Å²) < 4.78 is 7.15. The molecule has 1 heterocycles. The highest BCUT2D eigenvalue weighted by molar-refractivity contribution is 7.99. The lowest BCUT2D eigenvalue weighted by molar-refractivity contribution is 0.103. The van der Waals surface area contributed by atoms with Crippen molar-refractivity contribution < 1.29 is 9.84 Å². The van der Waals surface area contributed by atoms with Gasteiger partial charge in [-0.2, -0.15) is 0 Å². The molecule has 0 radical (unpaired) electrons. The molecule has 6 nitrogen and oxygen atoms in total. The van der Waals surface area contributed by atoms with E-state index >= 15 is 0 Å². The number of aliphatic hydroxyl groups is 1. The van der Waals surface area contributed by atoms with Crippen molar-refractivity contribution in [1.29, 1.82) is 0 Å². The van der Waals surface area contributed by atoms with Crippen molar-refractivity contribution in [2.45, 2.75) is 18.6 Å². The first-order valence-electron chi connectivity index (χ1n) is 5.21. The number of ether oxygens (including phenoxy) is 1. The zero-order valence-corrected chi connectivity index (χ0v) is 10.2. The molecule has 0 spiro atoms. The third-order valence-electron chi connectivity index (χ3n) is 1.95. The number of nitrogens with two attached hydrogens (primary N) is 1. The summed E-state index contributed by atoms with van der Waals surface area (Å²) in [7, 11) is 0. The Bertz CT molecular complexity index is 306. The highest BCUT2D eigenvalue weighted by atomic mass is 32.2. The van der Waals surface area contributed by atoms with E-state index in [0.29, 0.717) is 19.8 Å². The minimum Gasteiger partial charge on any atom is -0.394 e. The maximum absolute atomic E-state index is 8.53. The Morgan fingerprint density at radius 2 is 2.25 bits per heavy atom. The van der Waals surface area contributed by atoms with Crippen molar-refractivity contribution in [1.82, 2.24) is 14.8 Å². The monoisotopic (exact) mass is 246 g/mol. The molecule has 1 rings (SSSR count). The summed E-state index contributed by atoms with van der Waals surface area (Å²) in [5, 5.41) is 17.5. The van der Waals surface area contributed by atoms with Crippen LogP contribution in [0, 0.1) is 6.92 Å². The van der Waals surface area contributed by atoms with Gasteiger partial charge in [-0.15, -0.1) is 10.2 Å². The second-order valence-corrected chi connectivity index (χ2v) is 4.22. The fourth-order valence-corrected chi connectivity index (χ4v) is 2.07. The number of nitrogens with zero attached hydrogens (tertiary/aromatic N) is 3. The van der Waals surface area contributed by atoms with Crippen molar-refractivity contribution in [3.8, 4) is 0 Å². The first-order chi connectivity index (χ1) is 7.79. The predicted octanol–water partition coefficient (Wildman–Crippen LogP) is -0.354. The minimum atomic E-state index is 0.0626. The van der Waals surface area contributed by atoms with Crippen LogP contribution < -0.4 is 5.73 Å². The first-order valence-corrected chi connectivity index (χ1v) is 6.19. The molecule has 7 heteroatoms. The minimum absolute atomic E-state index is 0.0626. The van der Waals surface area contributed by atoms with Crippen LogP contribution in [0.3, 0.4) is 0 Å². The van der Waals surface area contributed by atoms with E-state index in [4.69, 9.17) is 15.6 Å². The molecule has 0 aromatic carbocycles. The van der Waals surface area contributed by atoms with Gasteiger partial charge in [-0.1, -0.05) is 11.8 Å². The van der Waals surface area contributed by atoms with E-state index in [9.17, 15) is 0 Å². The number of thioether (sulfide) groups is 1. The third kappa shape index (κ3) is 4.09. The lowest BCUT2D eigenvalue weighted by atomic mass is 10.6. The number of hydrogen-bond donors (Lipinski definition) is 2. The van der Waals surface area contributed by atoms with Crippen molar-refractivity contribution in [2.24, 2.45) is 5.73 Å². The van der Waals surface area contributed by atoms with Gasteiger partial charge in [0, 0.05) is 18.8 Å². The molecule has 0 saturated carbocycles. The number of hydrogen-bond acceptors (Lipinski definition) is 6. The Hall–Kier alpha value is -0.630. The van der Waals surface area contributed by atoms with Crippen LogP contribution in [0.2, 0.25) is 0 Å². The summed E-state index contributed by atoms with van der Waals surface area (Å²) in [6, 6.07) is 0. The molecular weight excluding hydrogens is 228 g/mol. The second-order valence-electron chi connectivity index (χ2n) is 3.15. The maximum atomic E-state index is 8.53. The van der Waals surface area contributed by atoms with E-state index in [1.54, 1.807) is 11.8 Å². The summed E-state index contributed by atoms with van der Waals surface area (Å²) in [5.41, 5.74) is 5.51. The molecule has 0 fully saturated rings. The van der Waals surface area contributed by atoms with Gasteiger partial charge in [-0.3, -0.25) is 0 Å². The van der Waals surface area contributed by atoms with Crippen LogP contribution in [0.5, 0.6) is 0 Å². The van der Waals surface area contributed by atoms with Gasteiger partial charge < -0.3 is 20.1 Å². The largest absolute Gasteiger partial charge is 0.394 e. The van der Waals surface area contributed by atoms with E-state index in [1.165, 1.54) is 0 Å². The normalized spacial score (nSPS) is 10.9. The highest BCUT2D eigenvalue weighted by Crippen LogP contribution is 2.15. The molecule has 1 aromatic heterocycles. The fourth-order valence-electron chi connectivity index (χ4n) is 1.21. The number of aromatic nitrogens is 3. The SMILES string of the molecule is Cc1nnc(SCCOCCO)n1CCN. The average Bonchev–Trinajstić information content (AvgIpc) is 2.62. The summed E-state index contributed by atoms with van der Waals surface area (Å²) in [6.07, 6.45) is 0. The van der Waals surface area contributed by atoms with Crippen LogP contribution in [-0.4, -0.2) is 52.0 Å². The molecule has 16 heavy (non-hydrogen) atoms. The molecule has 1 aromatic rings. The van der Waals surface area contributed by atoms with Gasteiger partial charge in [0.05, 0.1) is 19.8 Å². The first kappa shape index (κ1) is 13.4. The van der Waals surface area contributed by atoms with Gasteiger partial charge in [-0.05, 0) is 6.92 Å². The molecule has 0 aliphatic heterocycles. The Labute approximate surface area is 99.2 Å². The number of aliphatic hydroxyl groups excluding tert-OH is 1. The Morgan fingerprint density at radius 1 is 1.44 bits per heavy atom. The van der Waals surface area contributed by atoms with E-state index in [1.807, 2.05) is 11.5 Å². The van der Waals surface area contributed by atoms with E-state index in [0.717, 1.165) is 23.3 Å². The van der Waals surface area contributed by atoms with Gasteiger partial charge in [0.2, 0.25) is 0 Å². The zero-order valence-electron chi connectivity index (χ0n) is 9.43. The van der Waals surface area contributed by atoms with Crippen LogP contribution in [0.25, 0.3) is 0 Å². The van der Waals surface area contributed by atoms with Crippen LogP contribution in [-0.2, 0) is 11.3 Å². The molecule has 0 bridgehead atoms. The van der Waals surface area contributed by atoms with Crippen molar-refractivity contribution in [3.63, 3.8) is 0 Å². The quantitative estimate of drug-likeness (QED) is 0.481. The smallest absolute Gasteiger partial charge is 0.191 e. The van der Waals surface area contributed by atoms with E-state index < -0.39 is 0 Å². The van der Waals surface area contributed by atoms with Gasteiger partial charge >= 0.3 is 0 Å². The maximum Gasteiger partial charge on any atom is 0.191 e. The Balaban J connectivity index is 2.35. The lowest BCUT2D eigenvalue weighted by Gasteiger charge is -2.06. The van der Waals surface area contributed by atoms with Gasteiger partial charge in [-0.25, -0.2) is 0 Å². The molecule has 0 atom stereocenters. The molecule has 0 unspecified atom stereocenters. The topological polar surface area (TPSA) is 86.2 Å². The Kier molecular flexibility index (Phi) is 6.39. The third-order valence-corrected chi connectivity index (χ3v) is 2.88. The molecule has 0 aliphatic carbocycles. The summed E-state index contributed by atoms with van der Waals surface area (Å²) in [6.45, 7) is 4.27. The van der Waals surface area contributed by atoms with Crippen LogP contribution in [0.1, 0.15) is 5.82 Å². The van der Waals surface area contributed by atoms with Gasteiger partial charge in [0.25, 0.3) is 0 Å². The number of rotatable bonds is 8. The lowest BCUT2D eigenvalue weighted by Crippen LogP contribution is -2.12. The van der Waals surface area contributed by atoms with Crippen LogP contribution in [0.15, 0.2) is 5.16 Å². The van der Waals surface area contributed by atoms with Crippen molar-refractivity contribution in [2.75, 3.05) is 32.1 Å². The highest BCUT2D eigenvalue weighted by Gasteiger charge is 2.07. The summed E-state index contributed by atoms with van der Waals surface area (Å²) >= 11 is 1.59. The molecule has 92 valence electrons.